The highest BCUT2D eigenvalue weighted by Gasteiger charge is 2.65. The van der Waals surface area contributed by atoms with Crippen molar-refractivity contribution in [1.29, 1.82) is 0 Å². The summed E-state index contributed by atoms with van der Waals surface area (Å²) in [7, 11) is 1.59. The predicted molar refractivity (Wildman–Crippen MR) is 131 cm³/mol. The maximum Gasteiger partial charge on any atom is 0.247 e. The van der Waals surface area contributed by atoms with Gasteiger partial charge in [-0.1, -0.05) is 43.5 Å². The predicted octanol–water partition coefficient (Wildman–Crippen LogP) is 3.98. The number of carbonyl (C=O) groups is 3. The zero-order chi connectivity index (χ0) is 24.1. The number of anilines is 1. The van der Waals surface area contributed by atoms with E-state index in [1.165, 1.54) is 4.90 Å². The zero-order valence-electron chi connectivity index (χ0n) is 19.7. The first-order chi connectivity index (χ1) is 17.1. The van der Waals surface area contributed by atoms with Gasteiger partial charge in [-0.05, 0) is 54.3 Å². The van der Waals surface area contributed by atoms with Gasteiger partial charge in [0.15, 0.2) is 0 Å². The van der Waals surface area contributed by atoms with Gasteiger partial charge in [0.1, 0.15) is 11.8 Å². The van der Waals surface area contributed by atoms with Gasteiger partial charge in [-0.15, -0.1) is 0 Å². The summed E-state index contributed by atoms with van der Waals surface area (Å²) in [6, 6.07) is 13.9. The Balaban J connectivity index is 1.38. The number of rotatable bonds is 4. The molecule has 3 amide bonds. The highest BCUT2D eigenvalue weighted by atomic mass is 16.5. The van der Waals surface area contributed by atoms with Crippen molar-refractivity contribution in [2.24, 2.45) is 11.8 Å². The van der Waals surface area contributed by atoms with E-state index >= 15 is 0 Å². The Morgan fingerprint density at radius 3 is 2.40 bits per heavy atom. The van der Waals surface area contributed by atoms with Gasteiger partial charge in [0.05, 0.1) is 25.0 Å². The first kappa shape index (κ1) is 21.9. The Labute approximate surface area is 204 Å². The van der Waals surface area contributed by atoms with Crippen LogP contribution in [0.15, 0.2) is 54.7 Å². The van der Waals surface area contributed by atoms with Crippen molar-refractivity contribution in [2.45, 2.75) is 50.2 Å². The summed E-state index contributed by atoms with van der Waals surface area (Å²) in [5.74, 6) is -1.16. The molecule has 3 aliphatic heterocycles. The van der Waals surface area contributed by atoms with Gasteiger partial charge in [0, 0.05) is 17.9 Å². The van der Waals surface area contributed by atoms with Gasteiger partial charge < -0.3 is 15.0 Å². The monoisotopic (exact) mass is 471 g/mol. The molecule has 4 aliphatic rings. The van der Waals surface area contributed by atoms with E-state index in [9.17, 15) is 14.4 Å². The highest BCUT2D eigenvalue weighted by Crippen LogP contribution is 2.53. The van der Waals surface area contributed by atoms with E-state index < -0.39 is 17.9 Å². The molecule has 7 nitrogen and oxygen atoms in total. The van der Waals surface area contributed by atoms with Gasteiger partial charge in [-0.25, -0.2) is 0 Å². The van der Waals surface area contributed by atoms with Crippen molar-refractivity contribution in [3.8, 4) is 5.75 Å². The first-order valence-corrected chi connectivity index (χ1v) is 12.4. The van der Waals surface area contributed by atoms with Crippen LogP contribution in [0.5, 0.6) is 5.75 Å². The molecule has 2 saturated heterocycles. The number of amides is 3. The van der Waals surface area contributed by atoms with Crippen molar-refractivity contribution < 1.29 is 19.1 Å². The summed E-state index contributed by atoms with van der Waals surface area (Å²) >= 11 is 0. The topological polar surface area (TPSA) is 79.0 Å². The fourth-order valence-electron chi connectivity index (χ4n) is 6.47. The molecule has 35 heavy (non-hydrogen) atoms. The molecule has 4 unspecified atom stereocenters. The lowest BCUT2D eigenvalue weighted by molar-refractivity contribution is -0.146. The number of nitrogens with one attached hydrogen (secondary N) is 1. The van der Waals surface area contributed by atoms with Crippen molar-refractivity contribution in [3.05, 3.63) is 65.9 Å². The quantitative estimate of drug-likeness (QED) is 0.683. The van der Waals surface area contributed by atoms with Crippen LogP contribution in [0.1, 0.15) is 49.3 Å². The molecule has 2 aromatic rings. The lowest BCUT2D eigenvalue weighted by Crippen LogP contribution is -2.49. The number of imide groups is 1. The molecular weight excluding hydrogens is 442 g/mol. The second-order valence-corrected chi connectivity index (χ2v) is 9.89. The molecule has 7 heteroatoms. The van der Waals surface area contributed by atoms with Crippen LogP contribution in [0.25, 0.3) is 6.08 Å². The van der Waals surface area contributed by atoms with Gasteiger partial charge in [0.2, 0.25) is 17.7 Å². The van der Waals surface area contributed by atoms with Crippen LogP contribution in [0, 0.1) is 11.8 Å². The molecule has 1 N–H and O–H groups in total. The Kier molecular flexibility index (Phi) is 5.35. The number of ether oxygens (including phenoxy) is 1. The van der Waals surface area contributed by atoms with E-state index in [0.717, 1.165) is 43.2 Å². The normalized spacial score (nSPS) is 27.5. The summed E-state index contributed by atoms with van der Waals surface area (Å²) in [5, 5.41) is 2.98. The number of hydrogen-bond donors (Lipinski definition) is 1. The molecule has 0 bridgehead atoms. The van der Waals surface area contributed by atoms with Crippen LogP contribution in [0.4, 0.5) is 5.69 Å². The van der Waals surface area contributed by atoms with E-state index in [0.29, 0.717) is 11.4 Å². The summed E-state index contributed by atoms with van der Waals surface area (Å²) in [6.45, 7) is 0. The summed E-state index contributed by atoms with van der Waals surface area (Å²) in [6.07, 6.45) is 8.75. The minimum absolute atomic E-state index is 0.0533. The average molecular weight is 472 g/mol. The van der Waals surface area contributed by atoms with Crippen LogP contribution >= 0.6 is 0 Å². The van der Waals surface area contributed by atoms with Gasteiger partial charge in [-0.3, -0.25) is 19.3 Å². The average Bonchev–Trinajstić information content (AvgIpc) is 3.37. The molecule has 0 aromatic heterocycles. The Hall–Kier alpha value is -3.61. The van der Waals surface area contributed by atoms with E-state index in [1.807, 2.05) is 41.4 Å². The smallest absolute Gasteiger partial charge is 0.247 e. The Bertz CT molecular complexity index is 1200. The van der Waals surface area contributed by atoms with E-state index in [2.05, 4.69) is 5.32 Å². The van der Waals surface area contributed by atoms with Crippen LogP contribution in [0.2, 0.25) is 0 Å². The second kappa shape index (κ2) is 8.56. The number of likely N-dealkylation sites (tertiary alicyclic amines) is 1. The fraction of sp³-hybridized carbons (Fsp3) is 0.393. The number of methoxy groups -OCH3 is 1. The molecule has 2 aromatic carbocycles. The lowest BCUT2D eigenvalue weighted by atomic mass is 9.84. The molecule has 0 spiro atoms. The zero-order valence-corrected chi connectivity index (χ0v) is 19.7. The Morgan fingerprint density at radius 2 is 1.66 bits per heavy atom. The largest absolute Gasteiger partial charge is 0.497 e. The number of benzene rings is 2. The molecular formula is C28H29N3O4. The molecule has 0 radical (unpaired) electrons. The highest BCUT2D eigenvalue weighted by molar-refractivity contribution is 6.10. The fourth-order valence-corrected chi connectivity index (χ4v) is 6.47. The molecule has 1 aliphatic carbocycles. The van der Waals surface area contributed by atoms with Crippen LogP contribution in [0.3, 0.4) is 0 Å². The van der Waals surface area contributed by atoms with Gasteiger partial charge in [-0.2, -0.15) is 0 Å². The molecule has 3 fully saturated rings. The number of carbonyl (C=O) groups excluding carboxylic acids is 3. The number of fused-ring (bicyclic) bond motifs is 5. The Morgan fingerprint density at radius 1 is 0.943 bits per heavy atom. The van der Waals surface area contributed by atoms with Gasteiger partial charge >= 0.3 is 0 Å². The van der Waals surface area contributed by atoms with Crippen LogP contribution < -0.4 is 10.1 Å². The van der Waals surface area contributed by atoms with Crippen molar-refractivity contribution in [2.75, 3.05) is 12.4 Å². The molecule has 180 valence electrons. The number of hydrogen-bond acceptors (Lipinski definition) is 5. The summed E-state index contributed by atoms with van der Waals surface area (Å²) < 4.78 is 5.21. The summed E-state index contributed by atoms with van der Waals surface area (Å²) in [5.41, 5.74) is 2.65. The van der Waals surface area contributed by atoms with Crippen molar-refractivity contribution >= 4 is 29.5 Å². The maximum absolute atomic E-state index is 13.9. The SMILES string of the molecule is COc1ccc(NC(=O)C2C3C(=O)N(C4CCCCC4)C(=O)C3C3c4ccccc4C=CN23)cc1. The first-order valence-electron chi connectivity index (χ1n) is 12.4. The minimum atomic E-state index is -0.762. The van der Waals surface area contributed by atoms with Crippen molar-refractivity contribution in [3.63, 3.8) is 0 Å². The van der Waals surface area contributed by atoms with Crippen molar-refractivity contribution in [1.82, 2.24) is 9.80 Å². The third-order valence-corrected chi connectivity index (χ3v) is 8.06. The maximum atomic E-state index is 13.9. The third kappa shape index (κ3) is 3.44. The second-order valence-electron chi connectivity index (χ2n) is 9.89. The number of nitrogens with zero attached hydrogens (tertiary/aromatic N) is 2. The van der Waals surface area contributed by atoms with Crippen LogP contribution in [-0.4, -0.2) is 46.7 Å². The lowest BCUT2D eigenvalue weighted by Gasteiger charge is -2.37. The molecule has 6 rings (SSSR count). The van der Waals surface area contributed by atoms with Crippen LogP contribution in [-0.2, 0) is 14.4 Å². The molecule has 3 heterocycles. The summed E-state index contributed by atoms with van der Waals surface area (Å²) in [4.78, 5) is 44.9. The minimum Gasteiger partial charge on any atom is -0.497 e. The van der Waals surface area contributed by atoms with E-state index in [1.54, 1.807) is 31.4 Å². The standard InChI is InChI=1S/C28H29N3O4/c1-35-20-13-11-18(12-14-20)29-26(32)25-23-22(24-21-10-6-5-7-17(21)15-16-30(24)25)27(33)31(28(23)34)19-8-3-2-4-9-19/h5-7,10-16,19,22-25H,2-4,8-9H2,1H3,(H,29,32). The molecule has 1 saturated carbocycles. The molecule has 4 atom stereocenters. The van der Waals surface area contributed by atoms with E-state index in [-0.39, 0.29) is 29.8 Å². The van der Waals surface area contributed by atoms with E-state index in [4.69, 9.17) is 4.74 Å². The third-order valence-electron chi connectivity index (χ3n) is 8.06. The van der Waals surface area contributed by atoms with Gasteiger partial charge in [0.25, 0.3) is 0 Å².